The third-order valence-electron chi connectivity index (χ3n) is 8.73. The van der Waals surface area contributed by atoms with E-state index in [0.29, 0.717) is 6.42 Å². The van der Waals surface area contributed by atoms with E-state index < -0.39 is 38.5 Å². The Labute approximate surface area is 259 Å². The molecule has 1 heterocycles. The first kappa shape index (κ1) is 36.3. The smallest absolute Gasteiger partial charge is 0.410 e. The molecule has 1 aromatic rings. The van der Waals surface area contributed by atoms with Gasteiger partial charge in [0.05, 0.1) is 13.2 Å². The zero-order chi connectivity index (χ0) is 32.9. The fourth-order valence-electron chi connectivity index (χ4n) is 5.33. The number of amides is 3. The molecule has 4 atom stereocenters. The maximum absolute atomic E-state index is 14.2. The lowest BCUT2D eigenvalue weighted by molar-refractivity contribution is -0.156. The van der Waals surface area contributed by atoms with Crippen molar-refractivity contribution < 1.29 is 33.1 Å². The van der Waals surface area contributed by atoms with Crippen molar-refractivity contribution in [3.63, 3.8) is 0 Å². The van der Waals surface area contributed by atoms with Crippen molar-refractivity contribution in [3.05, 3.63) is 35.9 Å². The Morgan fingerprint density at radius 1 is 0.953 bits per heavy atom. The van der Waals surface area contributed by atoms with Gasteiger partial charge in [-0.05, 0) is 35.5 Å². The number of likely N-dealkylation sites (N-methyl/N-ethyl adjacent to an activating group) is 2. The third kappa shape index (κ3) is 8.81. The number of rotatable bonds is 11. The summed E-state index contributed by atoms with van der Waals surface area (Å²) in [6, 6.07) is 6.75. The number of hydrogen-bond acceptors (Lipinski definition) is 7. The highest BCUT2D eigenvalue weighted by atomic mass is 28.4. The van der Waals surface area contributed by atoms with E-state index in [4.69, 9.17) is 13.9 Å². The molecule has 242 valence electrons. The molecule has 0 N–H and O–H groups in total. The highest BCUT2D eigenvalue weighted by Crippen LogP contribution is 2.39. The van der Waals surface area contributed by atoms with Crippen LogP contribution in [-0.4, -0.2) is 98.9 Å². The molecular weight excluding hydrogens is 566 g/mol. The van der Waals surface area contributed by atoms with E-state index in [1.54, 1.807) is 7.05 Å². The van der Waals surface area contributed by atoms with E-state index in [9.17, 15) is 19.2 Å². The van der Waals surface area contributed by atoms with Gasteiger partial charge in [-0.1, -0.05) is 78.8 Å². The second-order valence-electron chi connectivity index (χ2n) is 13.7. The molecule has 43 heavy (non-hydrogen) atoms. The molecule has 0 bridgehead atoms. The van der Waals surface area contributed by atoms with Gasteiger partial charge in [-0.2, -0.15) is 0 Å². The van der Waals surface area contributed by atoms with Gasteiger partial charge in [-0.3, -0.25) is 14.5 Å². The summed E-state index contributed by atoms with van der Waals surface area (Å²) in [5.41, 5.74) is 0.834. The Kier molecular flexibility index (Phi) is 12.4. The minimum atomic E-state index is -2.18. The lowest BCUT2D eigenvalue weighted by Crippen LogP contribution is -2.59. The number of nitrogens with zero attached hydrogens (tertiary/aromatic N) is 3. The van der Waals surface area contributed by atoms with Crippen LogP contribution < -0.4 is 0 Å². The molecule has 0 aromatic heterocycles. The fourth-order valence-corrected chi connectivity index (χ4v) is 6.68. The van der Waals surface area contributed by atoms with Gasteiger partial charge in [0, 0.05) is 27.1 Å². The fraction of sp³-hybridized carbons (Fsp3) is 0.688. The summed E-state index contributed by atoms with van der Waals surface area (Å²) in [4.78, 5) is 58.3. The molecule has 0 aliphatic carbocycles. The first-order valence-corrected chi connectivity index (χ1v) is 18.0. The molecule has 3 amide bonds. The number of esters is 1. The molecule has 10 nitrogen and oxygen atoms in total. The number of likely N-dealkylation sites (tertiary alicyclic amines) is 1. The average Bonchev–Trinajstić information content (AvgIpc) is 3.33. The van der Waals surface area contributed by atoms with Gasteiger partial charge < -0.3 is 23.7 Å². The van der Waals surface area contributed by atoms with Crippen molar-refractivity contribution in [1.29, 1.82) is 0 Å². The standard InChI is InChI=1S/C32H53N3O7Si/c1-21(2)26(34(9)31(39)41-20-23-16-14-13-15-17-23)28(36)33(8)27(22(3)4)29(37)35-19-24(18-25(35)30(38)40-10)42-43(11,12)32(5,6)7/h13-17,21-22,24-27H,18-20H2,1-12H3/t24-,25+,26+,27+/m1/s1. The molecular formula is C32H53N3O7Si. The summed E-state index contributed by atoms with van der Waals surface area (Å²) in [6.07, 6.45) is -0.623. The van der Waals surface area contributed by atoms with Crippen LogP contribution in [0.5, 0.6) is 0 Å². The van der Waals surface area contributed by atoms with Crippen LogP contribution in [0.4, 0.5) is 4.79 Å². The summed E-state index contributed by atoms with van der Waals surface area (Å²) in [7, 11) is 2.24. The van der Waals surface area contributed by atoms with Crippen LogP contribution in [0.3, 0.4) is 0 Å². The van der Waals surface area contributed by atoms with Crippen LogP contribution in [0.15, 0.2) is 30.3 Å². The Bertz CT molecular complexity index is 1120. The zero-order valence-corrected chi connectivity index (χ0v) is 29.2. The number of methoxy groups -OCH3 is 1. The van der Waals surface area contributed by atoms with Gasteiger partial charge in [-0.25, -0.2) is 9.59 Å². The van der Waals surface area contributed by atoms with E-state index in [2.05, 4.69) is 33.9 Å². The molecule has 1 aromatic carbocycles. The minimum Gasteiger partial charge on any atom is -0.467 e. The van der Waals surface area contributed by atoms with Gasteiger partial charge >= 0.3 is 12.1 Å². The maximum atomic E-state index is 14.2. The lowest BCUT2D eigenvalue weighted by Gasteiger charge is -2.39. The Hall–Kier alpha value is -2.92. The highest BCUT2D eigenvalue weighted by molar-refractivity contribution is 6.74. The maximum Gasteiger partial charge on any atom is 0.410 e. The van der Waals surface area contributed by atoms with Crippen LogP contribution in [0.25, 0.3) is 0 Å². The van der Waals surface area contributed by atoms with Crippen LogP contribution in [-0.2, 0) is 34.9 Å². The van der Waals surface area contributed by atoms with Crippen LogP contribution >= 0.6 is 0 Å². The van der Waals surface area contributed by atoms with Crippen molar-refractivity contribution in [2.75, 3.05) is 27.7 Å². The highest BCUT2D eigenvalue weighted by Gasteiger charge is 2.48. The predicted octanol–water partition coefficient (Wildman–Crippen LogP) is 4.93. The summed E-state index contributed by atoms with van der Waals surface area (Å²) >= 11 is 0. The first-order chi connectivity index (χ1) is 19.8. The third-order valence-corrected chi connectivity index (χ3v) is 13.3. The summed E-state index contributed by atoms with van der Waals surface area (Å²) in [5, 5.41) is -0.0432. The first-order valence-electron chi connectivity index (χ1n) is 15.1. The largest absolute Gasteiger partial charge is 0.467 e. The molecule has 0 saturated carbocycles. The number of hydrogen-bond donors (Lipinski definition) is 0. The molecule has 0 spiro atoms. The van der Waals surface area contributed by atoms with Crippen molar-refractivity contribution in [1.82, 2.24) is 14.7 Å². The summed E-state index contributed by atoms with van der Waals surface area (Å²) < 4.78 is 17.2. The Balaban J connectivity index is 2.29. The van der Waals surface area contributed by atoms with Crippen LogP contribution in [0, 0.1) is 11.8 Å². The van der Waals surface area contributed by atoms with Crippen LogP contribution in [0.2, 0.25) is 18.1 Å². The summed E-state index contributed by atoms with van der Waals surface area (Å²) in [5.74, 6) is -1.78. The quantitative estimate of drug-likeness (QED) is 0.256. The van der Waals surface area contributed by atoms with Crippen molar-refractivity contribution in [2.24, 2.45) is 11.8 Å². The molecule has 0 unspecified atom stereocenters. The zero-order valence-electron chi connectivity index (χ0n) is 28.2. The van der Waals surface area contributed by atoms with E-state index in [-0.39, 0.29) is 47.9 Å². The van der Waals surface area contributed by atoms with Gasteiger partial charge in [0.15, 0.2) is 8.32 Å². The second-order valence-corrected chi connectivity index (χ2v) is 18.5. The summed E-state index contributed by atoms with van der Waals surface area (Å²) in [6.45, 7) is 18.4. The van der Waals surface area contributed by atoms with Crippen molar-refractivity contribution in [2.45, 2.75) is 104 Å². The van der Waals surface area contributed by atoms with Gasteiger partial charge in [-0.15, -0.1) is 0 Å². The van der Waals surface area contributed by atoms with Gasteiger partial charge in [0.25, 0.3) is 0 Å². The monoisotopic (exact) mass is 619 g/mol. The van der Waals surface area contributed by atoms with E-state index >= 15 is 0 Å². The molecule has 11 heteroatoms. The Morgan fingerprint density at radius 2 is 1.51 bits per heavy atom. The number of ether oxygens (including phenoxy) is 2. The SMILES string of the molecule is COC(=O)[C@@H]1C[C@@H](O[Si](C)(C)C(C)(C)C)CN1C(=O)[C@H](C(C)C)N(C)C(=O)[C@H](C(C)C)N(C)C(=O)OCc1ccccc1. The molecule has 1 aliphatic heterocycles. The number of carbonyl (C=O) groups is 4. The minimum absolute atomic E-state index is 0.0432. The number of benzene rings is 1. The Morgan fingerprint density at radius 3 is 2.00 bits per heavy atom. The van der Waals surface area contributed by atoms with E-state index in [0.717, 1.165) is 5.56 Å². The van der Waals surface area contributed by atoms with Crippen molar-refractivity contribution in [3.8, 4) is 0 Å². The lowest BCUT2D eigenvalue weighted by atomic mass is 9.96. The predicted molar refractivity (Wildman–Crippen MR) is 169 cm³/mol. The van der Waals surface area contributed by atoms with E-state index in [1.165, 1.54) is 28.9 Å². The van der Waals surface area contributed by atoms with Crippen molar-refractivity contribution >= 4 is 32.2 Å². The van der Waals surface area contributed by atoms with E-state index in [1.807, 2.05) is 58.0 Å². The average molecular weight is 620 g/mol. The molecule has 1 saturated heterocycles. The molecule has 1 aliphatic rings. The topological polar surface area (TPSA) is 106 Å². The normalized spacial score (nSPS) is 18.8. The molecule has 1 fully saturated rings. The number of carbonyl (C=O) groups excluding carboxylic acids is 4. The second kappa shape index (κ2) is 14.7. The van der Waals surface area contributed by atoms with Crippen LogP contribution in [0.1, 0.15) is 60.5 Å². The van der Waals surface area contributed by atoms with Gasteiger partial charge in [0.1, 0.15) is 24.7 Å². The molecule has 0 radical (unpaired) electrons. The molecule has 2 rings (SSSR count). The van der Waals surface area contributed by atoms with Gasteiger partial charge in [0.2, 0.25) is 11.8 Å².